The van der Waals surface area contributed by atoms with Crippen molar-refractivity contribution in [3.05, 3.63) is 0 Å². The molecule has 14 N–H and O–H groups in total. The molecule has 0 heterocycles. The predicted octanol–water partition coefficient (Wildman–Crippen LogP) is -4.11. The summed E-state index contributed by atoms with van der Waals surface area (Å²) in [5.41, 5.74) is 21.6. The van der Waals surface area contributed by atoms with E-state index >= 15 is 0 Å². The first kappa shape index (κ1) is 32.5. The minimum atomic E-state index is -1.55. The molecular weight excluding hydrogens is 480 g/mol. The quantitative estimate of drug-likeness (QED) is 0.0443. The second-order valence-electron chi connectivity index (χ2n) is 7.98. The van der Waals surface area contributed by atoms with Crippen molar-refractivity contribution in [2.45, 2.75) is 69.1 Å². The Kier molecular flexibility index (Phi) is 16.1. The Labute approximate surface area is 208 Å². The third kappa shape index (κ3) is 14.0. The summed E-state index contributed by atoms with van der Waals surface area (Å²) in [6.45, 7) is -0.307. The van der Waals surface area contributed by atoms with Crippen LogP contribution in [0, 0.1) is 0 Å². The van der Waals surface area contributed by atoms with Crippen molar-refractivity contribution < 1.29 is 39.3 Å². The molecule has 0 bridgehead atoms. The van der Waals surface area contributed by atoms with E-state index in [4.69, 9.17) is 28.0 Å². The largest absolute Gasteiger partial charge is 0.481 e. The lowest BCUT2D eigenvalue weighted by atomic mass is 10.1. The molecule has 206 valence electrons. The summed E-state index contributed by atoms with van der Waals surface area (Å²) in [7, 11) is 0. The molecule has 0 aliphatic heterocycles. The topological polar surface area (TPSA) is 299 Å². The van der Waals surface area contributed by atoms with E-state index in [2.05, 4.69) is 20.9 Å². The third-order valence-corrected chi connectivity index (χ3v) is 4.96. The summed E-state index contributed by atoms with van der Waals surface area (Å²) in [6.07, 6.45) is 0.767. The normalized spacial score (nSPS) is 14.0. The molecule has 0 aromatic heterocycles. The molecule has 0 aliphatic rings. The molecule has 16 heteroatoms. The number of nitrogens with two attached hydrogens (primary N) is 4. The summed E-state index contributed by atoms with van der Waals surface area (Å²) in [5.74, 6) is -5.33. The zero-order chi connectivity index (χ0) is 27.7. The Morgan fingerprint density at radius 1 is 0.778 bits per heavy atom. The zero-order valence-corrected chi connectivity index (χ0v) is 20.0. The number of carbonyl (C=O) groups excluding carboxylic acids is 3. The second-order valence-corrected chi connectivity index (χ2v) is 7.98. The van der Waals surface area contributed by atoms with Crippen LogP contribution in [0.3, 0.4) is 0 Å². The van der Waals surface area contributed by atoms with Gasteiger partial charge < -0.3 is 54.2 Å². The first-order chi connectivity index (χ1) is 16.9. The molecule has 36 heavy (non-hydrogen) atoms. The van der Waals surface area contributed by atoms with E-state index in [1.54, 1.807) is 0 Å². The Hall–Kier alpha value is -3.50. The number of unbranched alkanes of at least 4 members (excludes halogenated alkanes) is 1. The first-order valence-electron chi connectivity index (χ1n) is 11.4. The number of nitrogens with one attached hydrogen (secondary N) is 3. The monoisotopic (exact) mass is 518 g/mol. The van der Waals surface area contributed by atoms with Gasteiger partial charge in [0, 0.05) is 13.0 Å². The van der Waals surface area contributed by atoms with Gasteiger partial charge in [-0.1, -0.05) is 0 Å². The maximum atomic E-state index is 12.7. The molecule has 0 aromatic rings. The summed E-state index contributed by atoms with van der Waals surface area (Å²) < 4.78 is 0. The van der Waals surface area contributed by atoms with E-state index in [1.807, 2.05) is 0 Å². The fourth-order valence-electron chi connectivity index (χ4n) is 2.95. The van der Waals surface area contributed by atoms with Gasteiger partial charge in [-0.05, 0) is 45.1 Å². The number of guanidine groups is 1. The van der Waals surface area contributed by atoms with Crippen molar-refractivity contribution in [2.24, 2.45) is 27.9 Å². The minimum Gasteiger partial charge on any atom is -0.481 e. The van der Waals surface area contributed by atoms with Crippen molar-refractivity contribution >= 4 is 35.6 Å². The molecule has 0 radical (unpaired) electrons. The van der Waals surface area contributed by atoms with Crippen molar-refractivity contribution in [3.63, 3.8) is 0 Å². The van der Waals surface area contributed by atoms with Crippen LogP contribution >= 0.6 is 0 Å². The van der Waals surface area contributed by atoms with Crippen LogP contribution in [0.25, 0.3) is 0 Å². The average molecular weight is 519 g/mol. The lowest BCUT2D eigenvalue weighted by molar-refractivity contribution is -0.142. The van der Waals surface area contributed by atoms with Gasteiger partial charge in [-0.3, -0.25) is 24.2 Å². The number of aliphatic imine (C=N–C) groups is 1. The highest BCUT2D eigenvalue weighted by Crippen LogP contribution is 2.04. The smallest absolute Gasteiger partial charge is 0.326 e. The molecule has 0 fully saturated rings. The molecule has 4 unspecified atom stereocenters. The molecule has 0 saturated heterocycles. The van der Waals surface area contributed by atoms with Crippen LogP contribution in [-0.4, -0.2) is 94.8 Å². The van der Waals surface area contributed by atoms with Crippen LogP contribution in [0.15, 0.2) is 4.99 Å². The molecule has 0 saturated carbocycles. The van der Waals surface area contributed by atoms with Crippen molar-refractivity contribution in [1.82, 2.24) is 16.0 Å². The summed E-state index contributed by atoms with van der Waals surface area (Å²) in [5, 5.41) is 34.6. The highest BCUT2D eigenvalue weighted by molar-refractivity contribution is 5.94. The van der Waals surface area contributed by atoms with E-state index in [0.717, 1.165) is 0 Å². The third-order valence-electron chi connectivity index (χ3n) is 4.96. The number of aliphatic hydroxyl groups excluding tert-OH is 1. The van der Waals surface area contributed by atoms with Crippen LogP contribution in [0.5, 0.6) is 0 Å². The maximum Gasteiger partial charge on any atom is 0.326 e. The van der Waals surface area contributed by atoms with Crippen molar-refractivity contribution in [2.75, 3.05) is 19.7 Å². The van der Waals surface area contributed by atoms with Gasteiger partial charge in [-0.25, -0.2) is 4.79 Å². The van der Waals surface area contributed by atoms with E-state index in [1.165, 1.54) is 0 Å². The van der Waals surface area contributed by atoms with Crippen LogP contribution in [0.2, 0.25) is 0 Å². The van der Waals surface area contributed by atoms with Crippen molar-refractivity contribution in [1.29, 1.82) is 0 Å². The van der Waals surface area contributed by atoms with Crippen molar-refractivity contribution in [3.8, 4) is 0 Å². The number of nitrogens with zero attached hydrogens (tertiary/aromatic N) is 1. The van der Waals surface area contributed by atoms with Crippen LogP contribution in [0.1, 0.15) is 44.9 Å². The standard InChI is InChI=1S/C20H38N8O8/c21-8-2-1-5-13(19(35)36)27-18(34)14(10-29)28-17(33)12(6-7-15(30)31)26-16(32)11(22)4-3-9-25-20(23)24/h11-14,29H,1-10,21-22H2,(H,26,32)(H,27,34)(H,28,33)(H,30,31)(H,35,36)(H4,23,24,25). The van der Waals surface area contributed by atoms with E-state index in [-0.39, 0.29) is 31.8 Å². The molecule has 0 spiro atoms. The van der Waals surface area contributed by atoms with E-state index < -0.39 is 66.9 Å². The maximum absolute atomic E-state index is 12.7. The number of hydrogen-bond donors (Lipinski definition) is 10. The van der Waals surface area contributed by atoms with E-state index in [0.29, 0.717) is 25.8 Å². The number of hydrogen-bond acceptors (Lipinski definition) is 9. The number of carbonyl (C=O) groups is 5. The van der Waals surface area contributed by atoms with Gasteiger partial charge >= 0.3 is 11.9 Å². The van der Waals surface area contributed by atoms with Crippen LogP contribution in [0.4, 0.5) is 0 Å². The van der Waals surface area contributed by atoms with Gasteiger partial charge in [0.2, 0.25) is 17.7 Å². The minimum absolute atomic E-state index is 0.0860. The molecule has 4 atom stereocenters. The second kappa shape index (κ2) is 17.9. The zero-order valence-electron chi connectivity index (χ0n) is 20.0. The van der Waals surface area contributed by atoms with Gasteiger partial charge in [0.1, 0.15) is 18.1 Å². The number of carboxylic acids is 2. The number of amides is 3. The Morgan fingerprint density at radius 2 is 1.36 bits per heavy atom. The Morgan fingerprint density at radius 3 is 1.89 bits per heavy atom. The first-order valence-corrected chi connectivity index (χ1v) is 11.4. The highest BCUT2D eigenvalue weighted by atomic mass is 16.4. The summed E-state index contributed by atoms with van der Waals surface area (Å²) in [6, 6.07) is -5.26. The van der Waals surface area contributed by atoms with E-state index in [9.17, 15) is 34.2 Å². The molecule has 0 rings (SSSR count). The molecule has 0 aromatic carbocycles. The Bertz CT molecular complexity index is 775. The van der Waals surface area contributed by atoms with Gasteiger partial charge in [0.05, 0.1) is 12.6 Å². The lowest BCUT2D eigenvalue weighted by Gasteiger charge is -2.24. The average Bonchev–Trinajstić information content (AvgIpc) is 2.81. The van der Waals surface area contributed by atoms with Gasteiger partial charge in [0.25, 0.3) is 0 Å². The lowest BCUT2D eigenvalue weighted by Crippen LogP contribution is -2.58. The van der Waals surface area contributed by atoms with Gasteiger partial charge in [-0.2, -0.15) is 0 Å². The molecular formula is C20H38N8O8. The summed E-state index contributed by atoms with van der Waals surface area (Å²) >= 11 is 0. The summed E-state index contributed by atoms with van der Waals surface area (Å²) in [4.78, 5) is 63.8. The Balaban J connectivity index is 5.20. The number of carboxylic acid groups (broad SMARTS) is 2. The van der Waals surface area contributed by atoms with Gasteiger partial charge in [-0.15, -0.1) is 0 Å². The molecule has 0 aliphatic carbocycles. The molecule has 3 amide bonds. The number of rotatable bonds is 19. The van der Waals surface area contributed by atoms with Crippen LogP contribution < -0.4 is 38.9 Å². The fourth-order valence-corrected chi connectivity index (χ4v) is 2.95. The number of aliphatic hydroxyl groups is 1. The van der Waals surface area contributed by atoms with Gasteiger partial charge in [0.15, 0.2) is 5.96 Å². The van der Waals surface area contributed by atoms with Crippen LogP contribution in [-0.2, 0) is 24.0 Å². The molecule has 16 nitrogen and oxygen atoms in total. The number of aliphatic carboxylic acids is 2. The fraction of sp³-hybridized carbons (Fsp3) is 0.700. The highest BCUT2D eigenvalue weighted by Gasteiger charge is 2.30. The predicted molar refractivity (Wildman–Crippen MR) is 128 cm³/mol. The SMILES string of the molecule is NCCCCC(NC(=O)C(CO)NC(=O)C(CCC(=O)O)NC(=O)C(N)CCCN=C(N)N)C(=O)O.